The second-order valence-corrected chi connectivity index (χ2v) is 5.96. The van der Waals surface area contributed by atoms with E-state index in [-0.39, 0.29) is 6.04 Å². The monoisotopic (exact) mass is 249 g/mol. The molecule has 0 amide bonds. The molecule has 1 saturated carbocycles. The fourth-order valence-corrected chi connectivity index (χ4v) is 3.86. The van der Waals surface area contributed by atoms with Crippen LogP contribution in [0, 0.1) is 0 Å². The molecule has 0 aromatic heterocycles. The van der Waals surface area contributed by atoms with Gasteiger partial charge in [0.25, 0.3) is 10.2 Å². The molecule has 2 N–H and O–H groups in total. The zero-order valence-corrected chi connectivity index (χ0v) is 11.0. The first-order chi connectivity index (χ1) is 7.57. The molecule has 0 atom stereocenters. The van der Waals surface area contributed by atoms with Crippen LogP contribution in [0.15, 0.2) is 0 Å². The standard InChI is InChI=1S/C10H23N3O2S/c1-3-12(4-2)16(14,15)13(9-8-11)10-6-5-7-10/h10H,3-9,11H2,1-2H3. The maximum absolute atomic E-state index is 12.3. The first kappa shape index (κ1) is 13.9. The second-order valence-electron chi connectivity index (χ2n) is 4.08. The normalized spacial score (nSPS) is 18.1. The van der Waals surface area contributed by atoms with Gasteiger partial charge < -0.3 is 5.73 Å². The van der Waals surface area contributed by atoms with Crippen molar-refractivity contribution in [2.75, 3.05) is 26.2 Å². The summed E-state index contributed by atoms with van der Waals surface area (Å²) in [4.78, 5) is 0. The number of nitrogens with two attached hydrogens (primary N) is 1. The number of rotatable bonds is 7. The van der Waals surface area contributed by atoms with Crippen LogP contribution < -0.4 is 5.73 Å². The maximum atomic E-state index is 12.3. The van der Waals surface area contributed by atoms with E-state index in [1.807, 2.05) is 13.8 Å². The van der Waals surface area contributed by atoms with E-state index in [0.29, 0.717) is 26.2 Å². The number of hydrogen-bond acceptors (Lipinski definition) is 3. The second kappa shape index (κ2) is 5.95. The first-order valence-electron chi connectivity index (χ1n) is 6.04. The van der Waals surface area contributed by atoms with E-state index >= 15 is 0 Å². The lowest BCUT2D eigenvalue weighted by Crippen LogP contribution is -2.52. The number of hydrogen-bond donors (Lipinski definition) is 1. The van der Waals surface area contributed by atoms with Crippen molar-refractivity contribution < 1.29 is 8.42 Å². The average molecular weight is 249 g/mol. The Hall–Kier alpha value is -0.170. The third kappa shape index (κ3) is 2.74. The van der Waals surface area contributed by atoms with Crippen molar-refractivity contribution >= 4 is 10.2 Å². The van der Waals surface area contributed by atoms with Gasteiger partial charge in [-0.25, -0.2) is 0 Å². The van der Waals surface area contributed by atoms with Gasteiger partial charge in [0.05, 0.1) is 0 Å². The van der Waals surface area contributed by atoms with Crippen molar-refractivity contribution in [3.8, 4) is 0 Å². The minimum absolute atomic E-state index is 0.175. The first-order valence-corrected chi connectivity index (χ1v) is 7.44. The van der Waals surface area contributed by atoms with Crippen molar-refractivity contribution in [2.24, 2.45) is 5.73 Å². The molecule has 0 spiro atoms. The van der Waals surface area contributed by atoms with Crippen LogP contribution >= 0.6 is 0 Å². The quantitative estimate of drug-likeness (QED) is 0.709. The minimum atomic E-state index is -3.30. The smallest absolute Gasteiger partial charge is 0.282 e. The molecule has 0 bridgehead atoms. The molecule has 0 radical (unpaired) electrons. The molecule has 0 heterocycles. The summed E-state index contributed by atoms with van der Waals surface area (Å²) in [5.41, 5.74) is 5.50. The fourth-order valence-electron chi connectivity index (χ4n) is 1.99. The van der Waals surface area contributed by atoms with Crippen LogP contribution in [0.2, 0.25) is 0 Å². The molecule has 1 aliphatic carbocycles. The van der Waals surface area contributed by atoms with Gasteiger partial charge in [-0.15, -0.1) is 0 Å². The fraction of sp³-hybridized carbons (Fsp3) is 1.00. The lowest BCUT2D eigenvalue weighted by Gasteiger charge is -2.38. The third-order valence-electron chi connectivity index (χ3n) is 3.16. The molecule has 0 saturated heterocycles. The van der Waals surface area contributed by atoms with Gasteiger partial charge in [0.2, 0.25) is 0 Å². The molecule has 0 aromatic carbocycles. The molecule has 1 aliphatic rings. The summed E-state index contributed by atoms with van der Waals surface area (Å²) in [7, 11) is -3.30. The van der Waals surface area contributed by atoms with E-state index in [2.05, 4.69) is 0 Å². The van der Waals surface area contributed by atoms with Crippen LogP contribution in [0.3, 0.4) is 0 Å². The van der Waals surface area contributed by atoms with Crippen LogP contribution in [0.5, 0.6) is 0 Å². The zero-order valence-electron chi connectivity index (χ0n) is 10.2. The van der Waals surface area contributed by atoms with Crippen molar-refractivity contribution in [1.29, 1.82) is 0 Å². The van der Waals surface area contributed by atoms with Crippen molar-refractivity contribution in [3.63, 3.8) is 0 Å². The molecule has 0 aromatic rings. The summed E-state index contributed by atoms with van der Waals surface area (Å²) < 4.78 is 27.7. The van der Waals surface area contributed by atoms with E-state index < -0.39 is 10.2 Å². The van der Waals surface area contributed by atoms with Crippen molar-refractivity contribution in [2.45, 2.75) is 39.2 Å². The largest absolute Gasteiger partial charge is 0.329 e. The summed E-state index contributed by atoms with van der Waals surface area (Å²) in [6, 6.07) is 0.175. The van der Waals surface area contributed by atoms with Gasteiger partial charge >= 0.3 is 0 Å². The van der Waals surface area contributed by atoms with E-state index in [1.165, 1.54) is 4.31 Å². The molecule has 6 heteroatoms. The van der Waals surface area contributed by atoms with Gasteiger partial charge in [0.15, 0.2) is 0 Å². The molecule has 16 heavy (non-hydrogen) atoms. The number of nitrogens with zero attached hydrogens (tertiary/aromatic N) is 2. The molecule has 5 nitrogen and oxygen atoms in total. The Kier molecular flexibility index (Phi) is 5.17. The van der Waals surface area contributed by atoms with Crippen molar-refractivity contribution in [3.05, 3.63) is 0 Å². The predicted molar refractivity (Wildman–Crippen MR) is 65.2 cm³/mol. The lowest BCUT2D eigenvalue weighted by molar-refractivity contribution is 0.209. The van der Waals surface area contributed by atoms with E-state index in [4.69, 9.17) is 5.73 Å². The molecule has 0 aliphatic heterocycles. The SMILES string of the molecule is CCN(CC)S(=O)(=O)N(CCN)C1CCC1. The van der Waals surface area contributed by atoms with Crippen LogP contribution in [0.1, 0.15) is 33.1 Å². The molecule has 1 rings (SSSR count). The summed E-state index contributed by atoms with van der Waals surface area (Å²) in [6.07, 6.45) is 3.07. The highest BCUT2D eigenvalue weighted by molar-refractivity contribution is 7.86. The Morgan fingerprint density at radius 1 is 1.25 bits per heavy atom. The highest BCUT2D eigenvalue weighted by Crippen LogP contribution is 2.27. The maximum Gasteiger partial charge on any atom is 0.282 e. The molecule has 1 fully saturated rings. The topological polar surface area (TPSA) is 66.6 Å². The van der Waals surface area contributed by atoms with E-state index in [0.717, 1.165) is 19.3 Å². The van der Waals surface area contributed by atoms with Crippen LogP contribution in [0.4, 0.5) is 0 Å². The van der Waals surface area contributed by atoms with Gasteiger partial charge in [0.1, 0.15) is 0 Å². The molecule has 0 unspecified atom stereocenters. The van der Waals surface area contributed by atoms with E-state index in [9.17, 15) is 8.42 Å². The summed E-state index contributed by atoms with van der Waals surface area (Å²) in [5.74, 6) is 0. The third-order valence-corrected chi connectivity index (χ3v) is 5.40. The highest BCUT2D eigenvalue weighted by Gasteiger charge is 2.35. The Labute approximate surface area is 98.8 Å². The van der Waals surface area contributed by atoms with Crippen LogP contribution in [0.25, 0.3) is 0 Å². The summed E-state index contributed by atoms with van der Waals surface area (Å²) >= 11 is 0. The average Bonchev–Trinajstić information content (AvgIpc) is 2.16. The Morgan fingerprint density at radius 3 is 2.12 bits per heavy atom. The van der Waals surface area contributed by atoms with Gasteiger partial charge in [0, 0.05) is 32.2 Å². The highest BCUT2D eigenvalue weighted by atomic mass is 32.2. The van der Waals surface area contributed by atoms with E-state index in [1.54, 1.807) is 4.31 Å². The van der Waals surface area contributed by atoms with Gasteiger partial charge in [-0.1, -0.05) is 20.3 Å². The zero-order chi connectivity index (χ0) is 12.2. The van der Waals surface area contributed by atoms with Gasteiger partial charge in [-0.2, -0.15) is 17.0 Å². The summed E-state index contributed by atoms with van der Waals surface area (Å²) in [5, 5.41) is 0. The van der Waals surface area contributed by atoms with Crippen molar-refractivity contribution in [1.82, 2.24) is 8.61 Å². The van der Waals surface area contributed by atoms with Crippen LogP contribution in [-0.2, 0) is 10.2 Å². The van der Waals surface area contributed by atoms with Crippen LogP contribution in [-0.4, -0.2) is 49.2 Å². The Balaban J connectivity index is 2.82. The van der Waals surface area contributed by atoms with Gasteiger partial charge in [-0.3, -0.25) is 0 Å². The minimum Gasteiger partial charge on any atom is -0.329 e. The lowest BCUT2D eigenvalue weighted by atomic mass is 9.93. The van der Waals surface area contributed by atoms with Gasteiger partial charge in [-0.05, 0) is 12.8 Å². The Bertz CT molecular complexity index is 297. The molecular weight excluding hydrogens is 226 g/mol. The predicted octanol–water partition coefficient (Wildman–Crippen LogP) is 0.386. The molecule has 96 valence electrons. The molecular formula is C10H23N3O2S. The summed E-state index contributed by atoms with van der Waals surface area (Å²) in [6.45, 7) is 5.59. The Morgan fingerprint density at radius 2 is 1.81 bits per heavy atom.